The number of pyridine rings is 1. The number of aromatic nitrogens is 4. The second-order valence-electron chi connectivity index (χ2n) is 4.08. The zero-order chi connectivity index (χ0) is 12.3. The summed E-state index contributed by atoms with van der Waals surface area (Å²) in [6.07, 6.45) is 1.81. The minimum Gasteiger partial charge on any atom is -0.317 e. The summed E-state index contributed by atoms with van der Waals surface area (Å²) in [5.41, 5.74) is 1.03. The Bertz CT molecular complexity index is 477. The van der Waals surface area contributed by atoms with Crippen molar-refractivity contribution in [2.24, 2.45) is 7.05 Å². The van der Waals surface area contributed by atoms with Gasteiger partial charge in [0.15, 0.2) is 0 Å². The Morgan fingerprint density at radius 2 is 2.18 bits per heavy atom. The molecule has 0 saturated heterocycles. The number of aryl methyl sites for hydroxylation is 1. The van der Waals surface area contributed by atoms with Crippen LogP contribution in [0.5, 0.6) is 0 Å². The van der Waals surface area contributed by atoms with Gasteiger partial charge in [0.1, 0.15) is 11.6 Å². The Hall–Kier alpha value is -1.75. The van der Waals surface area contributed by atoms with Crippen molar-refractivity contribution in [2.75, 3.05) is 0 Å². The maximum absolute atomic E-state index is 4.31. The predicted molar refractivity (Wildman–Crippen MR) is 65.2 cm³/mol. The van der Waals surface area contributed by atoms with E-state index in [2.05, 4.69) is 27.4 Å². The van der Waals surface area contributed by atoms with Crippen molar-refractivity contribution in [3.05, 3.63) is 41.7 Å². The zero-order valence-corrected chi connectivity index (χ0v) is 10.4. The van der Waals surface area contributed by atoms with Gasteiger partial charge in [0.2, 0.25) is 0 Å². The fourth-order valence-corrected chi connectivity index (χ4v) is 1.59. The van der Waals surface area contributed by atoms with E-state index in [0.29, 0.717) is 6.54 Å². The van der Waals surface area contributed by atoms with Crippen molar-refractivity contribution < 1.29 is 0 Å². The van der Waals surface area contributed by atoms with Crippen LogP contribution in [-0.2, 0) is 13.6 Å². The van der Waals surface area contributed by atoms with Crippen molar-refractivity contribution in [3.8, 4) is 0 Å². The Labute approximate surface area is 101 Å². The molecule has 5 heteroatoms. The summed E-state index contributed by atoms with van der Waals surface area (Å²) < 4.78 is 1.98. The van der Waals surface area contributed by atoms with Crippen molar-refractivity contribution in [2.45, 2.75) is 26.4 Å². The second-order valence-corrected chi connectivity index (χ2v) is 4.08. The molecule has 0 aromatic carbocycles. The van der Waals surface area contributed by atoms with Gasteiger partial charge in [-0.15, -0.1) is 10.2 Å². The molecule has 0 amide bonds. The minimum absolute atomic E-state index is 0.202. The molecule has 0 aliphatic rings. The highest BCUT2D eigenvalue weighted by atomic mass is 15.3. The number of nitrogens with one attached hydrogen (secondary N) is 1. The Balaban J connectivity index is 1.97. The van der Waals surface area contributed by atoms with Gasteiger partial charge in [-0.2, -0.15) is 0 Å². The molecular weight excluding hydrogens is 214 g/mol. The first-order valence-corrected chi connectivity index (χ1v) is 5.67. The third-order valence-corrected chi connectivity index (χ3v) is 2.88. The normalized spacial score (nSPS) is 12.6. The number of hydrogen-bond donors (Lipinski definition) is 1. The quantitative estimate of drug-likeness (QED) is 0.863. The van der Waals surface area contributed by atoms with E-state index in [-0.39, 0.29) is 6.04 Å². The van der Waals surface area contributed by atoms with E-state index in [9.17, 15) is 0 Å². The van der Waals surface area contributed by atoms with Crippen LogP contribution in [0.15, 0.2) is 24.4 Å². The average Bonchev–Trinajstić information content (AvgIpc) is 2.68. The molecule has 2 rings (SSSR count). The summed E-state index contributed by atoms with van der Waals surface area (Å²) in [6, 6.07) is 6.13. The molecule has 0 aliphatic heterocycles. The van der Waals surface area contributed by atoms with Crippen LogP contribution in [0.3, 0.4) is 0 Å². The highest BCUT2D eigenvalue weighted by Gasteiger charge is 2.08. The van der Waals surface area contributed by atoms with E-state index < -0.39 is 0 Å². The summed E-state index contributed by atoms with van der Waals surface area (Å²) in [5, 5.41) is 11.5. The fourth-order valence-electron chi connectivity index (χ4n) is 1.59. The molecule has 1 atom stereocenters. The Kier molecular flexibility index (Phi) is 3.49. The molecule has 2 heterocycles. The first-order chi connectivity index (χ1) is 8.18. The maximum atomic E-state index is 4.31. The highest BCUT2D eigenvalue weighted by Crippen LogP contribution is 2.08. The molecule has 0 aliphatic carbocycles. The lowest BCUT2D eigenvalue weighted by Crippen LogP contribution is -2.21. The molecule has 0 unspecified atom stereocenters. The largest absolute Gasteiger partial charge is 0.317 e. The van der Waals surface area contributed by atoms with Crippen LogP contribution in [0.4, 0.5) is 0 Å². The van der Waals surface area contributed by atoms with Gasteiger partial charge in [-0.3, -0.25) is 4.98 Å². The van der Waals surface area contributed by atoms with Gasteiger partial charge in [0, 0.05) is 19.3 Å². The van der Waals surface area contributed by atoms with E-state index in [4.69, 9.17) is 0 Å². The number of hydrogen-bond acceptors (Lipinski definition) is 4. The highest BCUT2D eigenvalue weighted by molar-refractivity contribution is 5.07. The lowest BCUT2D eigenvalue weighted by Gasteiger charge is -2.12. The fraction of sp³-hybridized carbons (Fsp3) is 0.417. The molecule has 0 fully saturated rings. The number of nitrogens with zero attached hydrogens (tertiary/aromatic N) is 4. The van der Waals surface area contributed by atoms with Gasteiger partial charge >= 0.3 is 0 Å². The third-order valence-electron chi connectivity index (χ3n) is 2.88. The second kappa shape index (κ2) is 5.05. The van der Waals surface area contributed by atoms with E-state index in [1.165, 1.54) is 0 Å². The smallest absolute Gasteiger partial charge is 0.146 e. The van der Waals surface area contributed by atoms with Gasteiger partial charge in [-0.05, 0) is 26.0 Å². The van der Waals surface area contributed by atoms with Crippen LogP contribution >= 0.6 is 0 Å². The van der Waals surface area contributed by atoms with Gasteiger partial charge in [-0.25, -0.2) is 0 Å². The molecule has 5 nitrogen and oxygen atoms in total. The minimum atomic E-state index is 0.202. The summed E-state index contributed by atoms with van der Waals surface area (Å²) in [4.78, 5) is 4.31. The van der Waals surface area contributed by atoms with Gasteiger partial charge in [0.25, 0.3) is 0 Å². The van der Waals surface area contributed by atoms with Crippen LogP contribution < -0.4 is 5.32 Å². The zero-order valence-electron chi connectivity index (χ0n) is 10.4. The molecule has 1 N–H and O–H groups in total. The van der Waals surface area contributed by atoms with Crippen molar-refractivity contribution >= 4 is 0 Å². The summed E-state index contributed by atoms with van der Waals surface area (Å²) in [7, 11) is 1.97. The number of rotatable bonds is 4. The third kappa shape index (κ3) is 2.68. The molecule has 0 saturated carbocycles. The SMILES string of the molecule is Cc1nnc(CN[C@@H](C)c2ccccn2)n1C. The standard InChI is InChI=1S/C12H17N5/c1-9(11-6-4-5-7-13-11)14-8-12-16-15-10(2)17(12)3/h4-7,9,14H,8H2,1-3H3/t9-/m0/s1. The molecular formula is C12H17N5. The van der Waals surface area contributed by atoms with Crippen LogP contribution in [0, 0.1) is 6.92 Å². The van der Waals surface area contributed by atoms with Crippen LogP contribution in [0.25, 0.3) is 0 Å². The summed E-state index contributed by atoms with van der Waals surface area (Å²) in [6.45, 7) is 4.72. The Morgan fingerprint density at radius 3 is 2.76 bits per heavy atom. The molecule has 17 heavy (non-hydrogen) atoms. The van der Waals surface area contributed by atoms with Crippen molar-refractivity contribution in [3.63, 3.8) is 0 Å². The Morgan fingerprint density at radius 1 is 1.35 bits per heavy atom. The monoisotopic (exact) mass is 231 g/mol. The van der Waals surface area contributed by atoms with Crippen LogP contribution in [0.1, 0.15) is 30.3 Å². The van der Waals surface area contributed by atoms with Gasteiger partial charge < -0.3 is 9.88 Å². The topological polar surface area (TPSA) is 55.6 Å². The lowest BCUT2D eigenvalue weighted by molar-refractivity contribution is 0.537. The molecule has 0 radical (unpaired) electrons. The van der Waals surface area contributed by atoms with Gasteiger partial charge in [0.05, 0.1) is 12.2 Å². The van der Waals surface area contributed by atoms with E-state index in [0.717, 1.165) is 17.3 Å². The van der Waals surface area contributed by atoms with Crippen molar-refractivity contribution in [1.82, 2.24) is 25.1 Å². The molecule has 0 bridgehead atoms. The van der Waals surface area contributed by atoms with Crippen LogP contribution in [0.2, 0.25) is 0 Å². The summed E-state index contributed by atoms with van der Waals surface area (Å²) >= 11 is 0. The maximum Gasteiger partial charge on any atom is 0.146 e. The first kappa shape index (κ1) is 11.7. The predicted octanol–water partition coefficient (Wildman–Crippen LogP) is 1.37. The molecule has 0 spiro atoms. The van der Waals surface area contributed by atoms with E-state index in [1.807, 2.05) is 36.7 Å². The first-order valence-electron chi connectivity index (χ1n) is 5.67. The lowest BCUT2D eigenvalue weighted by atomic mass is 10.2. The molecule has 90 valence electrons. The van der Waals surface area contributed by atoms with E-state index in [1.54, 1.807) is 6.20 Å². The summed E-state index contributed by atoms with van der Waals surface area (Å²) in [5.74, 6) is 1.86. The van der Waals surface area contributed by atoms with Crippen LogP contribution in [-0.4, -0.2) is 19.7 Å². The van der Waals surface area contributed by atoms with Crippen molar-refractivity contribution in [1.29, 1.82) is 0 Å². The average molecular weight is 231 g/mol. The van der Waals surface area contributed by atoms with Gasteiger partial charge in [-0.1, -0.05) is 6.07 Å². The molecule has 2 aromatic heterocycles. The van der Waals surface area contributed by atoms with E-state index >= 15 is 0 Å². The molecule has 2 aromatic rings.